The average molecular weight is 336 g/mol. The van der Waals surface area contributed by atoms with E-state index in [2.05, 4.69) is 40.1 Å². The van der Waals surface area contributed by atoms with Gasteiger partial charge in [-0.1, -0.05) is 30.3 Å². The van der Waals surface area contributed by atoms with Crippen LogP contribution < -0.4 is 9.64 Å². The first-order chi connectivity index (χ1) is 12.3. The predicted molar refractivity (Wildman–Crippen MR) is 101 cm³/mol. The van der Waals surface area contributed by atoms with E-state index in [0.717, 1.165) is 44.1 Å². The number of anilines is 1. The molecule has 4 heteroatoms. The van der Waals surface area contributed by atoms with E-state index in [1.807, 2.05) is 31.4 Å². The largest absolute Gasteiger partial charge is 0.492 e. The van der Waals surface area contributed by atoms with Crippen LogP contribution in [0.4, 0.5) is 5.69 Å². The third-order valence-corrected chi connectivity index (χ3v) is 4.83. The van der Waals surface area contributed by atoms with Crippen molar-refractivity contribution in [3.8, 4) is 5.75 Å². The Hall–Kier alpha value is -2.46. The Bertz CT molecular complexity index is 835. The van der Waals surface area contributed by atoms with Crippen LogP contribution >= 0.6 is 0 Å². The molecule has 3 aromatic rings. The summed E-state index contributed by atoms with van der Waals surface area (Å²) in [4.78, 5) is 4.92. The Balaban J connectivity index is 1.42. The van der Waals surface area contributed by atoms with Gasteiger partial charge in [-0.15, -0.1) is 0 Å². The molecule has 1 saturated heterocycles. The lowest BCUT2D eigenvalue weighted by Crippen LogP contribution is -2.46. The lowest BCUT2D eigenvalue weighted by molar-refractivity contribution is 0.248. The van der Waals surface area contributed by atoms with Crippen LogP contribution in [0, 0.1) is 0 Å². The van der Waals surface area contributed by atoms with Crippen LogP contribution in [-0.4, -0.2) is 37.7 Å². The number of para-hydroxylation sites is 3. The molecule has 0 unspecified atom stereocenters. The van der Waals surface area contributed by atoms with Crippen molar-refractivity contribution in [3.05, 3.63) is 60.4 Å². The maximum atomic E-state index is 5.78. The Labute approximate surface area is 148 Å². The predicted octanol–water partition coefficient (Wildman–Crippen LogP) is 4.15. The molecule has 0 amide bonds. The number of hydrogen-bond acceptors (Lipinski definition) is 4. The molecular formula is C21H24N2O2. The van der Waals surface area contributed by atoms with E-state index in [9.17, 15) is 0 Å². The molecule has 0 radical (unpaired) electrons. The van der Waals surface area contributed by atoms with Crippen LogP contribution in [0.2, 0.25) is 0 Å². The zero-order valence-corrected chi connectivity index (χ0v) is 14.6. The zero-order valence-electron chi connectivity index (χ0n) is 14.6. The summed E-state index contributed by atoms with van der Waals surface area (Å²) in [5.41, 5.74) is 3.46. The molecule has 1 aromatic heterocycles. The lowest BCUT2D eigenvalue weighted by Gasteiger charge is -2.36. The van der Waals surface area contributed by atoms with Gasteiger partial charge in [0, 0.05) is 43.7 Å². The molecule has 1 aliphatic rings. The van der Waals surface area contributed by atoms with Crippen molar-refractivity contribution in [1.29, 1.82) is 0 Å². The number of fused-ring (bicyclic) bond motifs is 1. The van der Waals surface area contributed by atoms with E-state index in [0.29, 0.717) is 6.61 Å². The molecule has 1 fully saturated rings. The number of benzene rings is 2. The monoisotopic (exact) mass is 336 g/mol. The number of hydrogen-bond donors (Lipinski definition) is 0. The Kier molecular flexibility index (Phi) is 4.61. The lowest BCUT2D eigenvalue weighted by atomic mass is 10.1. The molecule has 2 aromatic carbocycles. The van der Waals surface area contributed by atoms with Gasteiger partial charge in [-0.3, -0.25) is 4.90 Å². The number of rotatable bonds is 5. The van der Waals surface area contributed by atoms with Crippen molar-refractivity contribution in [2.75, 3.05) is 37.7 Å². The maximum absolute atomic E-state index is 5.78. The third-order valence-electron chi connectivity index (χ3n) is 4.83. The summed E-state index contributed by atoms with van der Waals surface area (Å²) in [6, 6.07) is 16.6. The van der Waals surface area contributed by atoms with Crippen LogP contribution in [0.1, 0.15) is 12.5 Å². The summed E-state index contributed by atoms with van der Waals surface area (Å²) in [5.74, 6) is 0.985. The van der Waals surface area contributed by atoms with Crippen LogP contribution in [0.3, 0.4) is 0 Å². The highest BCUT2D eigenvalue weighted by molar-refractivity contribution is 5.80. The van der Waals surface area contributed by atoms with Gasteiger partial charge < -0.3 is 14.1 Å². The Morgan fingerprint density at radius 3 is 2.56 bits per heavy atom. The smallest absolute Gasteiger partial charge is 0.142 e. The first kappa shape index (κ1) is 16.0. The molecule has 130 valence electrons. The van der Waals surface area contributed by atoms with Gasteiger partial charge in [0.05, 0.1) is 18.6 Å². The minimum absolute atomic E-state index is 0.699. The minimum Gasteiger partial charge on any atom is -0.492 e. The van der Waals surface area contributed by atoms with Crippen molar-refractivity contribution in [3.63, 3.8) is 0 Å². The number of nitrogens with zero attached hydrogens (tertiary/aromatic N) is 2. The molecule has 4 nitrogen and oxygen atoms in total. The van der Waals surface area contributed by atoms with Crippen molar-refractivity contribution in [2.24, 2.45) is 0 Å². The standard InChI is InChI=1S/C21H24N2O2/c1-2-24-21-10-6-4-8-19(21)23-13-11-22(12-14-23)15-17-16-25-20-9-5-3-7-18(17)20/h3-10,16H,2,11-15H2,1H3. The number of furan rings is 1. The van der Waals surface area contributed by atoms with E-state index in [1.54, 1.807) is 0 Å². The molecule has 25 heavy (non-hydrogen) atoms. The van der Waals surface area contributed by atoms with Gasteiger partial charge in [-0.05, 0) is 25.1 Å². The second-order valence-electron chi connectivity index (χ2n) is 6.42. The summed E-state index contributed by atoms with van der Waals surface area (Å²) < 4.78 is 11.5. The molecule has 0 aliphatic carbocycles. The van der Waals surface area contributed by atoms with Crippen LogP contribution in [0.15, 0.2) is 59.2 Å². The minimum atomic E-state index is 0.699. The molecule has 0 saturated carbocycles. The second-order valence-corrected chi connectivity index (χ2v) is 6.42. The summed E-state index contributed by atoms with van der Waals surface area (Å²) in [7, 11) is 0. The van der Waals surface area contributed by atoms with Gasteiger partial charge in [0.1, 0.15) is 11.3 Å². The SMILES string of the molecule is CCOc1ccccc1N1CCN(Cc2coc3ccccc23)CC1. The molecule has 2 heterocycles. The molecule has 1 aliphatic heterocycles. The molecule has 0 N–H and O–H groups in total. The van der Waals surface area contributed by atoms with Crippen molar-refractivity contribution in [2.45, 2.75) is 13.5 Å². The highest BCUT2D eigenvalue weighted by Gasteiger charge is 2.20. The molecule has 4 rings (SSSR count). The van der Waals surface area contributed by atoms with Gasteiger partial charge in [0.2, 0.25) is 0 Å². The van der Waals surface area contributed by atoms with Crippen LogP contribution in [-0.2, 0) is 6.54 Å². The average Bonchev–Trinajstić information content (AvgIpc) is 3.06. The Morgan fingerprint density at radius 1 is 0.960 bits per heavy atom. The summed E-state index contributed by atoms with van der Waals surface area (Å²) >= 11 is 0. The van der Waals surface area contributed by atoms with E-state index < -0.39 is 0 Å². The van der Waals surface area contributed by atoms with Gasteiger partial charge >= 0.3 is 0 Å². The van der Waals surface area contributed by atoms with Crippen LogP contribution in [0.25, 0.3) is 11.0 Å². The molecule has 0 spiro atoms. The van der Waals surface area contributed by atoms with Crippen molar-refractivity contribution in [1.82, 2.24) is 4.90 Å². The maximum Gasteiger partial charge on any atom is 0.142 e. The summed E-state index contributed by atoms with van der Waals surface area (Å²) in [6.07, 6.45) is 1.90. The quantitative estimate of drug-likeness (QED) is 0.700. The molecule has 0 atom stereocenters. The fourth-order valence-electron chi connectivity index (χ4n) is 3.54. The van der Waals surface area contributed by atoms with Gasteiger partial charge in [0.25, 0.3) is 0 Å². The second kappa shape index (κ2) is 7.19. The summed E-state index contributed by atoms with van der Waals surface area (Å²) in [6.45, 7) is 7.78. The van der Waals surface area contributed by atoms with Crippen LogP contribution in [0.5, 0.6) is 5.75 Å². The fourth-order valence-corrected chi connectivity index (χ4v) is 3.54. The molecule has 0 bridgehead atoms. The number of piperazine rings is 1. The molecular weight excluding hydrogens is 312 g/mol. The van der Waals surface area contributed by atoms with Gasteiger partial charge in [-0.2, -0.15) is 0 Å². The Morgan fingerprint density at radius 2 is 1.72 bits per heavy atom. The van der Waals surface area contributed by atoms with E-state index in [-0.39, 0.29) is 0 Å². The first-order valence-electron chi connectivity index (χ1n) is 8.99. The van der Waals surface area contributed by atoms with Gasteiger partial charge in [-0.25, -0.2) is 0 Å². The zero-order chi connectivity index (χ0) is 17.1. The van der Waals surface area contributed by atoms with E-state index in [1.165, 1.54) is 16.6 Å². The van der Waals surface area contributed by atoms with E-state index in [4.69, 9.17) is 9.15 Å². The van der Waals surface area contributed by atoms with Crippen molar-refractivity contribution >= 4 is 16.7 Å². The first-order valence-corrected chi connectivity index (χ1v) is 8.99. The fraction of sp³-hybridized carbons (Fsp3) is 0.333. The van der Waals surface area contributed by atoms with Crippen molar-refractivity contribution < 1.29 is 9.15 Å². The highest BCUT2D eigenvalue weighted by Crippen LogP contribution is 2.29. The topological polar surface area (TPSA) is 28.9 Å². The normalized spacial score (nSPS) is 15.6. The van der Waals surface area contributed by atoms with Gasteiger partial charge in [0.15, 0.2) is 0 Å². The summed E-state index contributed by atoms with van der Waals surface area (Å²) in [5, 5.41) is 1.23. The highest BCUT2D eigenvalue weighted by atomic mass is 16.5. The van der Waals surface area contributed by atoms with E-state index >= 15 is 0 Å². The third kappa shape index (κ3) is 3.35. The number of ether oxygens (including phenoxy) is 1.